The molecule has 1 aromatic carbocycles. The molecule has 3 heterocycles. The summed E-state index contributed by atoms with van der Waals surface area (Å²) in [5.74, 6) is -1.22. The molecular weight excluding hydrogens is 384 g/mol. The Balaban J connectivity index is 1.50. The molecule has 0 radical (unpaired) electrons. The normalized spacial score (nSPS) is 24.2. The second-order valence-electron chi connectivity index (χ2n) is 8.72. The lowest BCUT2D eigenvalue weighted by Crippen LogP contribution is -2.54. The number of carbonyl (C=O) groups is 4. The van der Waals surface area contributed by atoms with E-state index < -0.39 is 23.8 Å². The summed E-state index contributed by atoms with van der Waals surface area (Å²) >= 11 is 0. The van der Waals surface area contributed by atoms with Crippen LogP contribution in [0.2, 0.25) is 0 Å². The maximum atomic E-state index is 13.2. The van der Waals surface area contributed by atoms with E-state index in [1.807, 2.05) is 13.0 Å². The molecule has 3 aliphatic heterocycles. The number of benzene rings is 1. The number of likely N-dealkylation sites (tertiary alicyclic amines) is 1. The van der Waals surface area contributed by atoms with E-state index in [0.717, 1.165) is 42.8 Å². The Kier molecular flexibility index (Phi) is 5.71. The number of carbonyl (C=O) groups excluding carboxylic acids is 4. The first kappa shape index (κ1) is 20.7. The Morgan fingerprint density at radius 2 is 1.83 bits per heavy atom. The Morgan fingerprint density at radius 1 is 1.10 bits per heavy atom. The highest BCUT2D eigenvalue weighted by molar-refractivity contribution is 6.24. The van der Waals surface area contributed by atoms with Crippen LogP contribution in [0.15, 0.2) is 18.2 Å². The maximum absolute atomic E-state index is 13.2. The molecule has 8 nitrogen and oxygen atoms in total. The van der Waals surface area contributed by atoms with Crippen LogP contribution in [0.25, 0.3) is 0 Å². The zero-order valence-electron chi connectivity index (χ0n) is 17.2. The predicted octanol–water partition coefficient (Wildman–Crippen LogP) is 1.04. The lowest BCUT2D eigenvalue weighted by molar-refractivity contribution is -0.136. The quantitative estimate of drug-likeness (QED) is 0.699. The van der Waals surface area contributed by atoms with E-state index >= 15 is 0 Å². The van der Waals surface area contributed by atoms with Crippen LogP contribution >= 0.6 is 0 Å². The van der Waals surface area contributed by atoms with Crippen molar-refractivity contribution in [3.8, 4) is 0 Å². The monoisotopic (exact) mass is 412 g/mol. The topological polar surface area (TPSA) is 113 Å². The largest absolute Gasteiger partial charge is 0.328 e. The molecule has 0 aromatic heterocycles. The highest BCUT2D eigenvalue weighted by Crippen LogP contribution is 2.31. The van der Waals surface area contributed by atoms with Gasteiger partial charge >= 0.3 is 0 Å². The van der Waals surface area contributed by atoms with Gasteiger partial charge in [-0.15, -0.1) is 0 Å². The van der Waals surface area contributed by atoms with Crippen molar-refractivity contribution >= 4 is 23.6 Å². The standard InChI is InChI=1S/C22H28N4O4/c1-13(23)11-14-7-9-25(10-8-14)12-15-3-2-4-16-19(15)22(30)26(21(16)29)17-5-6-18(27)24-20(17)28/h2-4,13-14,17H,5-12,23H2,1H3,(H,24,27,28). The molecule has 0 aliphatic carbocycles. The van der Waals surface area contributed by atoms with Crippen LogP contribution < -0.4 is 11.1 Å². The van der Waals surface area contributed by atoms with E-state index in [9.17, 15) is 19.2 Å². The molecule has 4 amide bonds. The number of amides is 4. The highest BCUT2D eigenvalue weighted by Gasteiger charge is 2.45. The van der Waals surface area contributed by atoms with E-state index in [0.29, 0.717) is 23.6 Å². The lowest BCUT2D eigenvalue weighted by atomic mass is 9.90. The third-order valence-electron chi connectivity index (χ3n) is 6.36. The molecule has 3 aliphatic rings. The third-order valence-corrected chi connectivity index (χ3v) is 6.36. The Bertz CT molecular complexity index is 889. The van der Waals surface area contributed by atoms with E-state index in [4.69, 9.17) is 5.73 Å². The van der Waals surface area contributed by atoms with Crippen LogP contribution in [-0.4, -0.2) is 58.6 Å². The molecule has 0 spiro atoms. The van der Waals surface area contributed by atoms with Crippen molar-refractivity contribution in [2.24, 2.45) is 11.7 Å². The van der Waals surface area contributed by atoms with Crippen molar-refractivity contribution in [3.05, 3.63) is 34.9 Å². The molecule has 2 saturated heterocycles. The first-order valence-corrected chi connectivity index (χ1v) is 10.7. The van der Waals surface area contributed by atoms with Gasteiger partial charge in [0.2, 0.25) is 11.8 Å². The van der Waals surface area contributed by atoms with Crippen LogP contribution in [0.3, 0.4) is 0 Å². The van der Waals surface area contributed by atoms with E-state index in [1.165, 1.54) is 0 Å². The average Bonchev–Trinajstić information content (AvgIpc) is 2.95. The van der Waals surface area contributed by atoms with E-state index in [-0.39, 0.29) is 24.8 Å². The summed E-state index contributed by atoms with van der Waals surface area (Å²) in [5, 5.41) is 2.23. The molecule has 0 bridgehead atoms. The van der Waals surface area contributed by atoms with Gasteiger partial charge in [-0.05, 0) is 63.2 Å². The Labute approximate surface area is 175 Å². The third kappa shape index (κ3) is 3.89. The number of piperidine rings is 2. The fourth-order valence-electron chi connectivity index (χ4n) is 4.86. The first-order chi connectivity index (χ1) is 14.3. The van der Waals surface area contributed by atoms with Gasteiger partial charge < -0.3 is 5.73 Å². The summed E-state index contributed by atoms with van der Waals surface area (Å²) in [6.45, 7) is 4.49. The Hall–Kier alpha value is -2.58. The molecule has 4 rings (SSSR count). The van der Waals surface area contributed by atoms with Crippen molar-refractivity contribution in [3.63, 3.8) is 0 Å². The molecule has 0 saturated carbocycles. The van der Waals surface area contributed by atoms with Crippen molar-refractivity contribution in [2.75, 3.05) is 13.1 Å². The number of nitrogens with one attached hydrogen (secondary N) is 1. The average molecular weight is 412 g/mol. The van der Waals surface area contributed by atoms with Gasteiger partial charge in [-0.3, -0.25) is 34.3 Å². The minimum atomic E-state index is -0.933. The van der Waals surface area contributed by atoms with Gasteiger partial charge in [0, 0.05) is 19.0 Å². The summed E-state index contributed by atoms with van der Waals surface area (Å²) in [6.07, 6.45) is 3.46. The van der Waals surface area contributed by atoms with Crippen LogP contribution in [-0.2, 0) is 16.1 Å². The van der Waals surface area contributed by atoms with E-state index in [1.54, 1.807) is 12.1 Å². The lowest BCUT2D eigenvalue weighted by Gasteiger charge is -2.33. The summed E-state index contributed by atoms with van der Waals surface area (Å²) in [5.41, 5.74) is 7.47. The second kappa shape index (κ2) is 8.28. The molecule has 3 N–H and O–H groups in total. The van der Waals surface area contributed by atoms with Gasteiger partial charge in [0.25, 0.3) is 11.8 Å². The SMILES string of the molecule is CC(N)CC1CCN(Cc2cccc3c2C(=O)N(C2CCC(=O)NC2=O)C3=O)CC1. The molecule has 2 atom stereocenters. The van der Waals surface area contributed by atoms with Gasteiger partial charge in [-0.2, -0.15) is 0 Å². The Morgan fingerprint density at radius 3 is 2.50 bits per heavy atom. The number of nitrogens with zero attached hydrogens (tertiary/aromatic N) is 2. The van der Waals surface area contributed by atoms with Crippen LogP contribution in [0.4, 0.5) is 0 Å². The van der Waals surface area contributed by atoms with Crippen molar-refractivity contribution in [1.82, 2.24) is 15.1 Å². The van der Waals surface area contributed by atoms with Crippen LogP contribution in [0.1, 0.15) is 65.3 Å². The van der Waals surface area contributed by atoms with Crippen molar-refractivity contribution in [2.45, 2.75) is 57.7 Å². The minimum absolute atomic E-state index is 0.118. The van der Waals surface area contributed by atoms with Gasteiger partial charge in [-0.1, -0.05) is 12.1 Å². The predicted molar refractivity (Wildman–Crippen MR) is 109 cm³/mol. The number of hydrogen-bond acceptors (Lipinski definition) is 6. The van der Waals surface area contributed by atoms with Gasteiger partial charge in [0.1, 0.15) is 6.04 Å². The van der Waals surface area contributed by atoms with Gasteiger partial charge in [0.15, 0.2) is 0 Å². The number of hydrogen-bond donors (Lipinski definition) is 2. The van der Waals surface area contributed by atoms with Crippen LogP contribution in [0.5, 0.6) is 0 Å². The fraction of sp³-hybridized carbons (Fsp3) is 0.545. The summed E-state index contributed by atoms with van der Waals surface area (Å²) in [4.78, 5) is 53.1. The second-order valence-corrected chi connectivity index (χ2v) is 8.72. The van der Waals surface area contributed by atoms with Gasteiger partial charge in [0.05, 0.1) is 11.1 Å². The number of imide groups is 2. The number of nitrogens with two attached hydrogens (primary N) is 1. The smallest absolute Gasteiger partial charge is 0.262 e. The summed E-state index contributed by atoms with van der Waals surface area (Å²) in [7, 11) is 0. The summed E-state index contributed by atoms with van der Waals surface area (Å²) in [6, 6.07) is 4.58. The number of rotatable bonds is 5. The molecule has 2 fully saturated rings. The highest BCUT2D eigenvalue weighted by atomic mass is 16.2. The molecule has 1 aromatic rings. The minimum Gasteiger partial charge on any atom is -0.328 e. The summed E-state index contributed by atoms with van der Waals surface area (Å²) < 4.78 is 0. The molecule has 8 heteroatoms. The first-order valence-electron chi connectivity index (χ1n) is 10.7. The molecule has 30 heavy (non-hydrogen) atoms. The van der Waals surface area contributed by atoms with Gasteiger partial charge in [-0.25, -0.2) is 0 Å². The van der Waals surface area contributed by atoms with Crippen LogP contribution in [0, 0.1) is 5.92 Å². The molecule has 2 unspecified atom stereocenters. The molecular formula is C22H28N4O4. The van der Waals surface area contributed by atoms with Crippen molar-refractivity contribution in [1.29, 1.82) is 0 Å². The zero-order chi connectivity index (χ0) is 21.4. The fourth-order valence-corrected chi connectivity index (χ4v) is 4.86. The van der Waals surface area contributed by atoms with E-state index in [2.05, 4.69) is 10.2 Å². The zero-order valence-corrected chi connectivity index (χ0v) is 17.2. The molecule has 160 valence electrons. The number of fused-ring (bicyclic) bond motifs is 1. The maximum Gasteiger partial charge on any atom is 0.262 e. The van der Waals surface area contributed by atoms with Crippen molar-refractivity contribution < 1.29 is 19.2 Å².